The van der Waals surface area contributed by atoms with Crippen LogP contribution in [0.1, 0.15) is 44.9 Å². The van der Waals surface area contributed by atoms with Gasteiger partial charge < -0.3 is 4.90 Å². The van der Waals surface area contributed by atoms with Crippen molar-refractivity contribution < 1.29 is 0 Å². The summed E-state index contributed by atoms with van der Waals surface area (Å²) < 4.78 is 0. The minimum atomic E-state index is 0.713. The lowest BCUT2D eigenvalue weighted by Gasteiger charge is -2.30. The molecule has 96 valence electrons. The van der Waals surface area contributed by atoms with E-state index >= 15 is 0 Å². The average molecular weight is 235 g/mol. The summed E-state index contributed by atoms with van der Waals surface area (Å²) in [5.41, 5.74) is 0. The molecule has 2 fully saturated rings. The normalized spacial score (nSPS) is 27.8. The molecule has 1 atom stereocenters. The molecule has 0 aromatic heterocycles. The molecule has 2 aliphatic rings. The van der Waals surface area contributed by atoms with Crippen molar-refractivity contribution in [3.05, 3.63) is 0 Å². The van der Waals surface area contributed by atoms with Crippen LogP contribution >= 0.6 is 0 Å². The maximum atomic E-state index is 8.60. The third-order valence-corrected chi connectivity index (χ3v) is 4.15. The molecule has 2 saturated heterocycles. The molecule has 0 amide bonds. The highest BCUT2D eigenvalue weighted by atomic mass is 15.2. The molecule has 0 unspecified atom stereocenters. The Balaban J connectivity index is 1.79. The average Bonchev–Trinajstić information content (AvgIpc) is 2.77. The molecule has 17 heavy (non-hydrogen) atoms. The Labute approximate surface area is 105 Å². The first-order valence-corrected chi connectivity index (χ1v) is 7.23. The van der Waals surface area contributed by atoms with E-state index in [0.29, 0.717) is 6.42 Å². The first kappa shape index (κ1) is 12.9. The van der Waals surface area contributed by atoms with Gasteiger partial charge >= 0.3 is 0 Å². The number of nitrogens with zero attached hydrogens (tertiary/aromatic N) is 3. The van der Waals surface area contributed by atoms with Crippen LogP contribution in [0.25, 0.3) is 0 Å². The van der Waals surface area contributed by atoms with Crippen molar-refractivity contribution in [2.24, 2.45) is 0 Å². The van der Waals surface area contributed by atoms with Crippen molar-refractivity contribution in [2.45, 2.75) is 51.0 Å². The van der Waals surface area contributed by atoms with Crippen LogP contribution in [-0.4, -0.2) is 48.6 Å². The molecule has 0 aromatic rings. The van der Waals surface area contributed by atoms with Gasteiger partial charge in [-0.05, 0) is 58.3 Å². The van der Waals surface area contributed by atoms with Crippen molar-refractivity contribution in [1.29, 1.82) is 5.26 Å². The van der Waals surface area contributed by atoms with Crippen molar-refractivity contribution in [3.8, 4) is 6.07 Å². The van der Waals surface area contributed by atoms with Gasteiger partial charge in [0.25, 0.3) is 0 Å². The van der Waals surface area contributed by atoms with E-state index in [1.807, 2.05) is 0 Å². The Hall–Kier alpha value is -0.590. The second-order valence-electron chi connectivity index (χ2n) is 5.45. The zero-order valence-corrected chi connectivity index (χ0v) is 10.9. The summed E-state index contributed by atoms with van der Waals surface area (Å²) in [6.45, 7) is 6.24. The Kier molecular flexibility index (Phi) is 5.28. The van der Waals surface area contributed by atoms with Gasteiger partial charge in [-0.15, -0.1) is 0 Å². The van der Waals surface area contributed by atoms with Gasteiger partial charge in [0.15, 0.2) is 0 Å². The van der Waals surface area contributed by atoms with Crippen LogP contribution in [-0.2, 0) is 0 Å². The summed E-state index contributed by atoms with van der Waals surface area (Å²) in [5.74, 6) is 0. The maximum absolute atomic E-state index is 8.60. The highest BCUT2D eigenvalue weighted by Gasteiger charge is 2.25. The lowest BCUT2D eigenvalue weighted by Crippen LogP contribution is -2.41. The highest BCUT2D eigenvalue weighted by molar-refractivity contribution is 4.82. The van der Waals surface area contributed by atoms with E-state index in [1.165, 1.54) is 58.3 Å². The number of unbranched alkanes of at least 4 members (excludes halogenated alkanes) is 1. The summed E-state index contributed by atoms with van der Waals surface area (Å²) in [4.78, 5) is 5.29. The molecule has 0 spiro atoms. The van der Waals surface area contributed by atoms with E-state index < -0.39 is 0 Å². The molecule has 0 aliphatic carbocycles. The Bertz CT molecular complexity index is 253. The van der Waals surface area contributed by atoms with Crippen molar-refractivity contribution >= 4 is 0 Å². The molecule has 0 saturated carbocycles. The summed E-state index contributed by atoms with van der Waals surface area (Å²) in [5, 5.41) is 8.60. The third kappa shape index (κ3) is 3.97. The van der Waals surface area contributed by atoms with E-state index in [0.717, 1.165) is 19.0 Å². The number of hydrogen-bond acceptors (Lipinski definition) is 3. The predicted octanol–water partition coefficient (Wildman–Crippen LogP) is 2.24. The molecule has 0 radical (unpaired) electrons. The fourth-order valence-electron chi connectivity index (χ4n) is 3.19. The van der Waals surface area contributed by atoms with Gasteiger partial charge in [-0.25, -0.2) is 0 Å². The zero-order valence-electron chi connectivity index (χ0n) is 10.9. The Morgan fingerprint density at radius 1 is 1.06 bits per heavy atom. The van der Waals surface area contributed by atoms with E-state index in [4.69, 9.17) is 5.26 Å². The highest BCUT2D eigenvalue weighted by Crippen LogP contribution is 2.20. The largest absolute Gasteiger partial charge is 0.302 e. The molecule has 3 heteroatoms. The van der Waals surface area contributed by atoms with Crippen molar-refractivity contribution in [2.75, 3.05) is 32.7 Å². The Morgan fingerprint density at radius 2 is 1.82 bits per heavy atom. The molecule has 0 bridgehead atoms. The van der Waals surface area contributed by atoms with Gasteiger partial charge in [0.2, 0.25) is 0 Å². The quantitative estimate of drug-likeness (QED) is 0.700. The van der Waals surface area contributed by atoms with Gasteiger partial charge in [0.05, 0.1) is 6.07 Å². The predicted molar refractivity (Wildman–Crippen MR) is 69.7 cm³/mol. The molecule has 0 aromatic carbocycles. The van der Waals surface area contributed by atoms with Crippen LogP contribution in [0.5, 0.6) is 0 Å². The summed E-state index contributed by atoms with van der Waals surface area (Å²) in [6.07, 6.45) is 8.66. The van der Waals surface area contributed by atoms with E-state index in [2.05, 4.69) is 15.9 Å². The van der Waals surface area contributed by atoms with Gasteiger partial charge in [0, 0.05) is 19.0 Å². The van der Waals surface area contributed by atoms with Crippen molar-refractivity contribution in [1.82, 2.24) is 9.80 Å². The van der Waals surface area contributed by atoms with Crippen LogP contribution in [0.2, 0.25) is 0 Å². The summed E-state index contributed by atoms with van der Waals surface area (Å²) in [6, 6.07) is 3.05. The fraction of sp³-hybridized carbons (Fsp3) is 0.929. The van der Waals surface area contributed by atoms with Crippen molar-refractivity contribution in [3.63, 3.8) is 0 Å². The van der Waals surface area contributed by atoms with Gasteiger partial charge in [-0.3, -0.25) is 4.90 Å². The van der Waals surface area contributed by atoms with E-state index in [-0.39, 0.29) is 0 Å². The molecule has 0 N–H and O–H groups in total. The second kappa shape index (κ2) is 6.98. The topological polar surface area (TPSA) is 30.3 Å². The lowest BCUT2D eigenvalue weighted by molar-refractivity contribution is 0.171. The monoisotopic (exact) mass is 235 g/mol. The third-order valence-electron chi connectivity index (χ3n) is 4.15. The van der Waals surface area contributed by atoms with Gasteiger partial charge in [-0.2, -0.15) is 5.26 Å². The van der Waals surface area contributed by atoms with Gasteiger partial charge in [0.1, 0.15) is 0 Å². The first-order chi connectivity index (χ1) is 8.40. The second-order valence-corrected chi connectivity index (χ2v) is 5.45. The number of nitriles is 1. The standard InChI is InChI=1S/C14H25N3/c15-8-2-4-10-16-9-3-1-7-14(13-16)17-11-5-6-12-17/h14H,1-7,9-13H2/t14-/m0/s1. The summed E-state index contributed by atoms with van der Waals surface area (Å²) >= 11 is 0. The van der Waals surface area contributed by atoms with Crippen LogP contribution in [0.15, 0.2) is 0 Å². The molecule has 2 rings (SSSR count). The van der Waals surface area contributed by atoms with Gasteiger partial charge in [-0.1, -0.05) is 6.42 Å². The van der Waals surface area contributed by atoms with Crippen LogP contribution < -0.4 is 0 Å². The van der Waals surface area contributed by atoms with Crippen LogP contribution in [0.3, 0.4) is 0 Å². The smallest absolute Gasteiger partial charge is 0.0622 e. The minimum Gasteiger partial charge on any atom is -0.302 e. The van der Waals surface area contributed by atoms with E-state index in [1.54, 1.807) is 0 Å². The fourth-order valence-corrected chi connectivity index (χ4v) is 3.19. The minimum absolute atomic E-state index is 0.713. The lowest BCUT2D eigenvalue weighted by atomic mass is 10.1. The maximum Gasteiger partial charge on any atom is 0.0622 e. The number of likely N-dealkylation sites (tertiary alicyclic amines) is 2. The number of hydrogen-bond donors (Lipinski definition) is 0. The first-order valence-electron chi connectivity index (χ1n) is 7.23. The summed E-state index contributed by atoms with van der Waals surface area (Å²) in [7, 11) is 0. The SMILES string of the molecule is N#CCCCN1CCCC[C@H](N2CCCC2)C1. The molecule has 2 aliphatic heterocycles. The number of rotatable bonds is 4. The van der Waals surface area contributed by atoms with E-state index in [9.17, 15) is 0 Å². The molecule has 2 heterocycles. The molecule has 3 nitrogen and oxygen atoms in total. The zero-order chi connectivity index (χ0) is 11.9. The Morgan fingerprint density at radius 3 is 2.59 bits per heavy atom. The van der Waals surface area contributed by atoms with Crippen LogP contribution in [0, 0.1) is 11.3 Å². The van der Waals surface area contributed by atoms with Crippen LogP contribution in [0.4, 0.5) is 0 Å². The molecular formula is C14H25N3. The molecular weight excluding hydrogens is 210 g/mol.